The van der Waals surface area contributed by atoms with Crippen LogP contribution in [0.3, 0.4) is 0 Å². The summed E-state index contributed by atoms with van der Waals surface area (Å²) in [6, 6.07) is 0. The van der Waals surface area contributed by atoms with Crippen LogP contribution in [0.15, 0.2) is 24.3 Å². The Morgan fingerprint density at radius 2 is 1.47 bits per heavy atom. The average Bonchev–Trinajstić information content (AvgIpc) is 2.70. The summed E-state index contributed by atoms with van der Waals surface area (Å²) in [7, 11) is 0. The molecule has 0 heterocycles. The quantitative estimate of drug-likeness (QED) is 0.143. The van der Waals surface area contributed by atoms with E-state index in [0.717, 1.165) is 57.8 Å². The summed E-state index contributed by atoms with van der Waals surface area (Å²) in [6.07, 6.45) is 23.1. The van der Waals surface area contributed by atoms with Gasteiger partial charge in [-0.25, -0.2) is 0 Å². The number of carbonyl (C=O) groups is 2. The maximum Gasteiger partial charge on any atom is 0.325 e. The number of ether oxygens (including phenoxy) is 1. The van der Waals surface area contributed by atoms with E-state index >= 15 is 0 Å². The second kappa shape index (κ2) is 18.4. The Labute approximate surface area is 185 Å². The molecule has 1 atom stereocenters. The number of ketones is 1. The molecule has 0 aliphatic carbocycles. The van der Waals surface area contributed by atoms with E-state index in [1.807, 2.05) is 0 Å². The fourth-order valence-corrected chi connectivity index (χ4v) is 3.29. The third-order valence-corrected chi connectivity index (χ3v) is 5.25. The van der Waals surface area contributed by atoms with E-state index in [1.165, 1.54) is 25.7 Å². The third-order valence-electron chi connectivity index (χ3n) is 5.25. The summed E-state index contributed by atoms with van der Waals surface area (Å²) >= 11 is 0. The molecule has 0 radical (unpaired) electrons. The Morgan fingerprint density at radius 1 is 0.867 bits per heavy atom. The zero-order valence-electron chi connectivity index (χ0n) is 20.1. The van der Waals surface area contributed by atoms with E-state index in [4.69, 9.17) is 10.5 Å². The highest BCUT2D eigenvalue weighted by atomic mass is 16.5. The first-order valence-electron chi connectivity index (χ1n) is 12.1. The monoisotopic (exact) mass is 421 g/mol. The normalized spacial score (nSPS) is 13.2. The van der Waals surface area contributed by atoms with Crippen LogP contribution in [0.5, 0.6) is 0 Å². The van der Waals surface area contributed by atoms with Crippen molar-refractivity contribution in [2.24, 2.45) is 11.7 Å². The van der Waals surface area contributed by atoms with E-state index < -0.39 is 11.5 Å². The maximum absolute atomic E-state index is 12.7. The minimum atomic E-state index is -1.06. The summed E-state index contributed by atoms with van der Waals surface area (Å²) in [5, 5.41) is 0. The van der Waals surface area contributed by atoms with E-state index in [-0.39, 0.29) is 18.3 Å². The highest BCUT2D eigenvalue weighted by Gasteiger charge is 2.26. The molecule has 0 saturated heterocycles. The Morgan fingerprint density at radius 3 is 2.07 bits per heavy atom. The number of allylic oxidation sites excluding steroid dienone is 4. The Balaban J connectivity index is 4.30. The van der Waals surface area contributed by atoms with Gasteiger partial charge in [-0.05, 0) is 52.4 Å². The van der Waals surface area contributed by atoms with E-state index in [0.29, 0.717) is 0 Å². The van der Waals surface area contributed by atoms with E-state index in [1.54, 1.807) is 13.8 Å². The zero-order chi connectivity index (χ0) is 22.7. The molecule has 2 N–H and O–H groups in total. The van der Waals surface area contributed by atoms with Crippen LogP contribution < -0.4 is 5.73 Å². The van der Waals surface area contributed by atoms with E-state index in [2.05, 4.69) is 38.2 Å². The van der Waals surface area contributed by atoms with Crippen LogP contribution in [0.4, 0.5) is 0 Å². The van der Waals surface area contributed by atoms with Crippen molar-refractivity contribution in [3.8, 4) is 0 Å². The number of esters is 1. The molecule has 0 spiro atoms. The first-order chi connectivity index (χ1) is 14.3. The molecule has 174 valence electrons. The first-order valence-corrected chi connectivity index (χ1v) is 12.1. The molecule has 0 aliphatic heterocycles. The van der Waals surface area contributed by atoms with Crippen LogP contribution in [0.1, 0.15) is 111 Å². The Bertz CT molecular complexity index is 503. The number of rotatable bonds is 19. The highest BCUT2D eigenvalue weighted by Crippen LogP contribution is 2.20. The van der Waals surface area contributed by atoms with Gasteiger partial charge in [0.1, 0.15) is 12.1 Å². The molecule has 0 aromatic heterocycles. The topological polar surface area (TPSA) is 69.4 Å². The van der Waals surface area contributed by atoms with Crippen LogP contribution >= 0.6 is 0 Å². The first kappa shape index (κ1) is 28.6. The van der Waals surface area contributed by atoms with Crippen LogP contribution in [-0.2, 0) is 14.3 Å². The number of hydrogen-bond acceptors (Lipinski definition) is 4. The fraction of sp³-hybridized carbons (Fsp3) is 0.769. The van der Waals surface area contributed by atoms with Crippen LogP contribution in [0.25, 0.3) is 0 Å². The molecule has 0 aromatic rings. The standard InChI is InChI=1S/C26H47NO3/c1-5-7-9-11-12-13-14-15-17-19-21-23(20-18-16-10-8-6-2)24(28)22-30-25(29)26(3,4)27/h7,9,12-13,23H,5-6,8,10-11,14-22,27H2,1-4H3. The van der Waals surface area contributed by atoms with Crippen molar-refractivity contribution in [3.05, 3.63) is 24.3 Å². The lowest BCUT2D eigenvalue weighted by Gasteiger charge is -2.19. The van der Waals surface area contributed by atoms with Gasteiger partial charge in [-0.15, -0.1) is 0 Å². The minimum Gasteiger partial charge on any atom is -0.456 e. The van der Waals surface area contributed by atoms with Crippen molar-refractivity contribution in [1.82, 2.24) is 0 Å². The van der Waals surface area contributed by atoms with Gasteiger partial charge in [-0.3, -0.25) is 9.59 Å². The molecule has 1 unspecified atom stereocenters. The molecule has 0 aliphatic rings. The SMILES string of the molecule is CCC=CCC=CCCCCCC(CCCCCCC)C(=O)COC(=O)C(C)(C)N. The van der Waals surface area contributed by atoms with Crippen LogP contribution in [0.2, 0.25) is 0 Å². The number of unbranched alkanes of at least 4 members (excludes halogenated alkanes) is 7. The molecular weight excluding hydrogens is 374 g/mol. The lowest BCUT2D eigenvalue weighted by molar-refractivity contribution is -0.153. The van der Waals surface area contributed by atoms with Crippen molar-refractivity contribution >= 4 is 11.8 Å². The molecule has 0 saturated carbocycles. The highest BCUT2D eigenvalue weighted by molar-refractivity contribution is 5.86. The predicted molar refractivity (Wildman–Crippen MR) is 127 cm³/mol. The maximum atomic E-state index is 12.7. The summed E-state index contributed by atoms with van der Waals surface area (Å²) < 4.78 is 5.17. The predicted octanol–water partition coefficient (Wildman–Crippen LogP) is 6.68. The molecule has 0 bridgehead atoms. The summed E-state index contributed by atoms with van der Waals surface area (Å²) in [5.74, 6) is -0.473. The molecule has 0 fully saturated rings. The van der Waals surface area contributed by atoms with Crippen molar-refractivity contribution < 1.29 is 14.3 Å². The molecule has 0 amide bonds. The lowest BCUT2D eigenvalue weighted by Crippen LogP contribution is -2.43. The minimum absolute atomic E-state index is 0.00460. The van der Waals surface area contributed by atoms with Gasteiger partial charge in [0.05, 0.1) is 0 Å². The van der Waals surface area contributed by atoms with Gasteiger partial charge in [-0.1, -0.05) is 83.1 Å². The smallest absolute Gasteiger partial charge is 0.325 e. The number of Topliss-reactive ketones (excluding diaryl/α,β-unsaturated/α-hetero) is 1. The molecule has 0 aromatic carbocycles. The molecule has 4 nitrogen and oxygen atoms in total. The molecule has 0 rings (SSSR count). The molecule has 30 heavy (non-hydrogen) atoms. The number of carbonyl (C=O) groups excluding carboxylic acids is 2. The van der Waals surface area contributed by atoms with E-state index in [9.17, 15) is 9.59 Å². The van der Waals surface area contributed by atoms with Gasteiger partial charge in [0.25, 0.3) is 0 Å². The van der Waals surface area contributed by atoms with Crippen LogP contribution in [0, 0.1) is 5.92 Å². The van der Waals surface area contributed by atoms with Gasteiger partial charge in [0.2, 0.25) is 0 Å². The van der Waals surface area contributed by atoms with Crippen LogP contribution in [-0.4, -0.2) is 23.9 Å². The largest absolute Gasteiger partial charge is 0.456 e. The average molecular weight is 422 g/mol. The second-order valence-corrected chi connectivity index (χ2v) is 8.89. The number of hydrogen-bond donors (Lipinski definition) is 1. The molecule has 4 heteroatoms. The second-order valence-electron chi connectivity index (χ2n) is 8.89. The van der Waals surface area contributed by atoms with Gasteiger partial charge < -0.3 is 10.5 Å². The fourth-order valence-electron chi connectivity index (χ4n) is 3.29. The van der Waals surface area contributed by atoms with Crippen molar-refractivity contribution in [3.63, 3.8) is 0 Å². The Hall–Kier alpha value is -1.42. The third kappa shape index (κ3) is 16.4. The summed E-state index contributed by atoms with van der Waals surface area (Å²) in [6.45, 7) is 7.40. The van der Waals surface area contributed by atoms with Gasteiger partial charge >= 0.3 is 5.97 Å². The zero-order valence-corrected chi connectivity index (χ0v) is 20.1. The van der Waals surface area contributed by atoms with Gasteiger partial charge in [0.15, 0.2) is 5.78 Å². The number of nitrogens with two attached hydrogens (primary N) is 1. The van der Waals surface area contributed by atoms with Crippen molar-refractivity contribution in [1.29, 1.82) is 0 Å². The van der Waals surface area contributed by atoms with Crippen molar-refractivity contribution in [2.75, 3.05) is 6.61 Å². The van der Waals surface area contributed by atoms with Gasteiger partial charge in [-0.2, -0.15) is 0 Å². The Kier molecular flexibility index (Phi) is 17.5. The van der Waals surface area contributed by atoms with Gasteiger partial charge in [0, 0.05) is 5.92 Å². The van der Waals surface area contributed by atoms with Crippen molar-refractivity contribution in [2.45, 2.75) is 117 Å². The lowest BCUT2D eigenvalue weighted by atomic mass is 9.91. The summed E-state index contributed by atoms with van der Waals surface area (Å²) in [5.41, 5.74) is 4.69. The molecular formula is C26H47NO3. The summed E-state index contributed by atoms with van der Waals surface area (Å²) in [4.78, 5) is 24.5.